The van der Waals surface area contributed by atoms with Crippen LogP contribution in [0.5, 0.6) is 0 Å². The number of nitrogens with one attached hydrogen (secondary N) is 2. The summed E-state index contributed by atoms with van der Waals surface area (Å²) in [6, 6.07) is 5.52. The number of aryl methyl sites for hydroxylation is 2. The monoisotopic (exact) mass is 259 g/mol. The van der Waals surface area contributed by atoms with Crippen LogP contribution in [0.15, 0.2) is 28.8 Å². The first-order valence-corrected chi connectivity index (χ1v) is 6.08. The van der Waals surface area contributed by atoms with Crippen molar-refractivity contribution in [2.24, 2.45) is 0 Å². The quantitative estimate of drug-likeness (QED) is 0.883. The fourth-order valence-electron chi connectivity index (χ4n) is 1.83. The number of amides is 1. The minimum absolute atomic E-state index is 0.137. The summed E-state index contributed by atoms with van der Waals surface area (Å²) in [7, 11) is 1.85. The maximum absolute atomic E-state index is 12.0. The zero-order valence-corrected chi connectivity index (χ0v) is 11.3. The Morgan fingerprint density at radius 3 is 2.74 bits per heavy atom. The zero-order valence-electron chi connectivity index (χ0n) is 11.3. The van der Waals surface area contributed by atoms with Crippen LogP contribution in [0.2, 0.25) is 0 Å². The molecule has 0 saturated heterocycles. The lowest BCUT2D eigenvalue weighted by Gasteiger charge is -2.08. The number of hydrogen-bond donors (Lipinski definition) is 2. The van der Waals surface area contributed by atoms with Crippen molar-refractivity contribution in [2.75, 3.05) is 12.4 Å². The summed E-state index contributed by atoms with van der Waals surface area (Å²) in [4.78, 5) is 16.0. The smallest absolute Gasteiger partial charge is 0.251 e. The van der Waals surface area contributed by atoms with Crippen molar-refractivity contribution in [3.8, 4) is 0 Å². The van der Waals surface area contributed by atoms with Gasteiger partial charge in [-0.1, -0.05) is 0 Å². The molecule has 0 atom stereocenters. The molecule has 2 aromatic rings. The number of carbonyl (C=O) groups is 1. The SMILES string of the molecule is CNc1ccc(C(=O)NCc2ncc(C)o2)cc1C. The number of rotatable bonds is 4. The van der Waals surface area contributed by atoms with Crippen molar-refractivity contribution in [1.29, 1.82) is 0 Å². The van der Waals surface area contributed by atoms with E-state index in [2.05, 4.69) is 15.6 Å². The Hall–Kier alpha value is -2.30. The molecule has 1 amide bonds. The van der Waals surface area contributed by atoms with Gasteiger partial charge >= 0.3 is 0 Å². The minimum atomic E-state index is -0.137. The van der Waals surface area contributed by atoms with Crippen LogP contribution in [0.1, 0.15) is 27.6 Å². The fourth-order valence-corrected chi connectivity index (χ4v) is 1.83. The predicted octanol–water partition coefficient (Wildman–Crippen LogP) is 2.26. The van der Waals surface area contributed by atoms with Crippen LogP contribution in [-0.4, -0.2) is 17.9 Å². The van der Waals surface area contributed by atoms with E-state index >= 15 is 0 Å². The number of oxazole rings is 1. The van der Waals surface area contributed by atoms with Gasteiger partial charge in [-0.25, -0.2) is 4.98 Å². The molecule has 0 bridgehead atoms. The molecule has 2 rings (SSSR count). The molecule has 0 unspecified atom stereocenters. The molecule has 0 aliphatic heterocycles. The van der Waals surface area contributed by atoms with Crippen molar-refractivity contribution >= 4 is 11.6 Å². The number of nitrogens with zero attached hydrogens (tertiary/aromatic N) is 1. The molecule has 1 aromatic carbocycles. The van der Waals surface area contributed by atoms with E-state index in [1.807, 2.05) is 33.0 Å². The van der Waals surface area contributed by atoms with Gasteiger partial charge < -0.3 is 15.1 Å². The van der Waals surface area contributed by atoms with E-state index in [1.54, 1.807) is 12.3 Å². The molecule has 5 nitrogen and oxygen atoms in total. The van der Waals surface area contributed by atoms with Gasteiger partial charge in [-0.15, -0.1) is 0 Å². The largest absolute Gasteiger partial charge is 0.444 e. The Kier molecular flexibility index (Phi) is 3.85. The van der Waals surface area contributed by atoms with Crippen LogP contribution in [0.3, 0.4) is 0 Å². The van der Waals surface area contributed by atoms with Gasteiger partial charge in [0.25, 0.3) is 5.91 Å². The van der Waals surface area contributed by atoms with E-state index < -0.39 is 0 Å². The number of hydrogen-bond acceptors (Lipinski definition) is 4. The average Bonchev–Trinajstić information content (AvgIpc) is 2.81. The Morgan fingerprint density at radius 1 is 1.37 bits per heavy atom. The Morgan fingerprint density at radius 2 is 2.16 bits per heavy atom. The van der Waals surface area contributed by atoms with Crippen LogP contribution in [0, 0.1) is 13.8 Å². The summed E-state index contributed by atoms with van der Waals surface area (Å²) in [5.74, 6) is 1.11. The van der Waals surface area contributed by atoms with Crippen molar-refractivity contribution in [3.63, 3.8) is 0 Å². The molecule has 0 saturated carbocycles. The Labute approximate surface area is 112 Å². The summed E-state index contributed by atoms with van der Waals surface area (Å²) in [5.41, 5.74) is 2.67. The van der Waals surface area contributed by atoms with Crippen molar-refractivity contribution in [3.05, 3.63) is 47.2 Å². The van der Waals surface area contributed by atoms with E-state index in [1.165, 1.54) is 0 Å². The molecular weight excluding hydrogens is 242 g/mol. The molecule has 5 heteroatoms. The van der Waals surface area contributed by atoms with Gasteiger partial charge in [-0.05, 0) is 37.6 Å². The number of benzene rings is 1. The van der Waals surface area contributed by atoms with Gasteiger partial charge in [0.15, 0.2) is 0 Å². The zero-order chi connectivity index (χ0) is 13.8. The fraction of sp³-hybridized carbons (Fsp3) is 0.286. The van der Waals surface area contributed by atoms with Gasteiger partial charge in [0.1, 0.15) is 5.76 Å². The van der Waals surface area contributed by atoms with E-state index in [9.17, 15) is 4.79 Å². The van der Waals surface area contributed by atoms with E-state index in [0.717, 1.165) is 17.0 Å². The first kappa shape index (κ1) is 13.1. The van der Waals surface area contributed by atoms with E-state index in [4.69, 9.17) is 4.42 Å². The highest BCUT2D eigenvalue weighted by Crippen LogP contribution is 2.15. The van der Waals surface area contributed by atoms with Crippen LogP contribution < -0.4 is 10.6 Å². The molecule has 2 N–H and O–H groups in total. The molecule has 100 valence electrons. The van der Waals surface area contributed by atoms with Crippen LogP contribution in [0.25, 0.3) is 0 Å². The third-order valence-electron chi connectivity index (χ3n) is 2.83. The highest BCUT2D eigenvalue weighted by molar-refractivity contribution is 5.94. The molecule has 0 aliphatic carbocycles. The molecule has 1 aromatic heterocycles. The standard InChI is InChI=1S/C14H17N3O2/c1-9-6-11(4-5-12(9)15-3)14(18)17-8-13-16-7-10(2)19-13/h4-7,15H,8H2,1-3H3,(H,17,18). The summed E-state index contributed by atoms with van der Waals surface area (Å²) < 4.78 is 5.29. The topological polar surface area (TPSA) is 67.2 Å². The Balaban J connectivity index is 2.01. The van der Waals surface area contributed by atoms with E-state index in [-0.39, 0.29) is 5.91 Å². The van der Waals surface area contributed by atoms with Gasteiger partial charge in [-0.2, -0.15) is 0 Å². The number of aromatic nitrogens is 1. The lowest BCUT2D eigenvalue weighted by atomic mass is 10.1. The molecule has 1 heterocycles. The third kappa shape index (κ3) is 3.13. The first-order valence-electron chi connectivity index (χ1n) is 6.08. The second kappa shape index (κ2) is 5.56. The van der Waals surface area contributed by atoms with Crippen LogP contribution in [0.4, 0.5) is 5.69 Å². The summed E-state index contributed by atoms with van der Waals surface area (Å²) in [6.45, 7) is 4.07. The molecule has 0 spiro atoms. The second-order valence-corrected chi connectivity index (χ2v) is 4.33. The van der Waals surface area contributed by atoms with Crippen molar-refractivity contribution in [2.45, 2.75) is 20.4 Å². The molecular formula is C14H17N3O2. The predicted molar refractivity (Wildman–Crippen MR) is 73.1 cm³/mol. The van der Waals surface area contributed by atoms with Gasteiger partial charge in [0.2, 0.25) is 5.89 Å². The van der Waals surface area contributed by atoms with Gasteiger partial charge in [0.05, 0.1) is 12.7 Å². The maximum atomic E-state index is 12.0. The minimum Gasteiger partial charge on any atom is -0.444 e. The molecule has 0 aliphatic rings. The molecule has 0 radical (unpaired) electrons. The lowest BCUT2D eigenvalue weighted by Crippen LogP contribution is -2.23. The average molecular weight is 259 g/mol. The van der Waals surface area contributed by atoms with Crippen LogP contribution in [-0.2, 0) is 6.54 Å². The van der Waals surface area contributed by atoms with Crippen molar-refractivity contribution < 1.29 is 9.21 Å². The molecule has 0 fully saturated rings. The van der Waals surface area contributed by atoms with Gasteiger partial charge in [0, 0.05) is 18.3 Å². The second-order valence-electron chi connectivity index (χ2n) is 4.33. The Bertz CT molecular complexity index is 590. The third-order valence-corrected chi connectivity index (χ3v) is 2.83. The van der Waals surface area contributed by atoms with E-state index in [0.29, 0.717) is 18.0 Å². The normalized spacial score (nSPS) is 10.3. The highest BCUT2D eigenvalue weighted by Gasteiger charge is 2.08. The molecule has 19 heavy (non-hydrogen) atoms. The lowest BCUT2D eigenvalue weighted by molar-refractivity contribution is 0.0947. The summed E-state index contributed by atoms with van der Waals surface area (Å²) in [6.07, 6.45) is 1.63. The van der Waals surface area contributed by atoms with Crippen LogP contribution >= 0.6 is 0 Å². The first-order chi connectivity index (χ1) is 9.10. The maximum Gasteiger partial charge on any atom is 0.251 e. The van der Waals surface area contributed by atoms with Crippen molar-refractivity contribution in [1.82, 2.24) is 10.3 Å². The summed E-state index contributed by atoms with van der Waals surface area (Å²) >= 11 is 0. The highest BCUT2D eigenvalue weighted by atomic mass is 16.4. The number of carbonyl (C=O) groups excluding carboxylic acids is 1. The number of anilines is 1. The van der Waals surface area contributed by atoms with Gasteiger partial charge in [-0.3, -0.25) is 4.79 Å². The summed E-state index contributed by atoms with van der Waals surface area (Å²) in [5, 5.41) is 5.84.